The van der Waals surface area contributed by atoms with Crippen molar-refractivity contribution in [3.05, 3.63) is 59.2 Å². The summed E-state index contributed by atoms with van der Waals surface area (Å²) < 4.78 is 5.63. The molecule has 2 aliphatic rings. The average molecular weight is 394 g/mol. The van der Waals surface area contributed by atoms with Crippen LogP contribution in [0.15, 0.2) is 42.5 Å². The summed E-state index contributed by atoms with van der Waals surface area (Å²) in [7, 11) is 2.15. The van der Waals surface area contributed by atoms with E-state index in [0.29, 0.717) is 24.5 Å². The molecule has 1 saturated heterocycles. The summed E-state index contributed by atoms with van der Waals surface area (Å²) in [4.78, 5) is 17.7. The zero-order valence-corrected chi connectivity index (χ0v) is 17.5. The summed E-state index contributed by atoms with van der Waals surface area (Å²) in [5, 5.41) is 3.18. The molecule has 2 heterocycles. The molecule has 0 aliphatic carbocycles. The zero-order valence-electron chi connectivity index (χ0n) is 17.5. The van der Waals surface area contributed by atoms with E-state index in [1.807, 2.05) is 31.2 Å². The van der Waals surface area contributed by atoms with Crippen LogP contribution in [0.2, 0.25) is 0 Å². The number of hydrogen-bond acceptors (Lipinski definition) is 4. The number of fused-ring (bicyclic) bond motifs is 1. The number of nitrogens with zero attached hydrogens (tertiary/aromatic N) is 2. The molecule has 0 bridgehead atoms. The lowest BCUT2D eigenvalue weighted by Crippen LogP contribution is -2.37. The molecule has 154 valence electrons. The van der Waals surface area contributed by atoms with E-state index >= 15 is 0 Å². The molecule has 0 aromatic heterocycles. The van der Waals surface area contributed by atoms with Gasteiger partial charge in [0.05, 0.1) is 18.2 Å². The van der Waals surface area contributed by atoms with Crippen molar-refractivity contribution in [2.45, 2.75) is 32.2 Å². The quantitative estimate of drug-likeness (QED) is 0.780. The van der Waals surface area contributed by atoms with Crippen LogP contribution in [-0.2, 0) is 6.42 Å². The van der Waals surface area contributed by atoms with Crippen LogP contribution >= 0.6 is 0 Å². The number of carbonyl (C=O) groups excluding carboxylic acids is 1. The molecular formula is C24H31N3O2. The van der Waals surface area contributed by atoms with E-state index in [-0.39, 0.29) is 11.9 Å². The molecule has 4 rings (SSSR count). The summed E-state index contributed by atoms with van der Waals surface area (Å²) in [6.45, 7) is 6.35. The van der Waals surface area contributed by atoms with Crippen LogP contribution < -0.4 is 15.0 Å². The molecular weight excluding hydrogens is 362 g/mol. The van der Waals surface area contributed by atoms with E-state index in [9.17, 15) is 4.79 Å². The Bertz CT molecular complexity index is 861. The van der Waals surface area contributed by atoms with Crippen molar-refractivity contribution in [2.75, 3.05) is 44.7 Å². The second kappa shape index (κ2) is 8.87. The standard InChI is InChI=1S/C24H31N3O2/c1-3-29-23-9-5-4-8-20(23)24(28)25-17-22(27-13-6-7-14-27)18-10-11-21-19(16-18)12-15-26(21)2/h4-5,8-11,16,22H,3,6-7,12-15,17H2,1-2H3,(H,25,28). The van der Waals surface area contributed by atoms with Crippen LogP contribution in [0.5, 0.6) is 5.75 Å². The molecule has 0 saturated carbocycles. The monoisotopic (exact) mass is 393 g/mol. The van der Waals surface area contributed by atoms with Gasteiger partial charge in [0.25, 0.3) is 5.91 Å². The number of rotatable bonds is 7. The van der Waals surface area contributed by atoms with Crippen LogP contribution in [0.4, 0.5) is 5.69 Å². The minimum Gasteiger partial charge on any atom is -0.493 e. The highest BCUT2D eigenvalue weighted by atomic mass is 16.5. The topological polar surface area (TPSA) is 44.8 Å². The van der Waals surface area contributed by atoms with E-state index in [2.05, 4.69) is 40.4 Å². The van der Waals surface area contributed by atoms with Gasteiger partial charge in [-0.3, -0.25) is 9.69 Å². The van der Waals surface area contributed by atoms with Crippen molar-refractivity contribution in [1.29, 1.82) is 0 Å². The first-order chi connectivity index (χ1) is 14.2. The Labute approximate surface area is 173 Å². The van der Waals surface area contributed by atoms with Gasteiger partial charge in [-0.05, 0) is 68.6 Å². The van der Waals surface area contributed by atoms with Crippen molar-refractivity contribution in [1.82, 2.24) is 10.2 Å². The molecule has 5 nitrogen and oxygen atoms in total. The van der Waals surface area contributed by atoms with E-state index in [4.69, 9.17) is 4.74 Å². The van der Waals surface area contributed by atoms with Gasteiger partial charge in [-0.15, -0.1) is 0 Å². The third kappa shape index (κ3) is 4.25. The summed E-state index contributed by atoms with van der Waals surface area (Å²) in [5.74, 6) is 0.574. The number of amides is 1. The van der Waals surface area contributed by atoms with Gasteiger partial charge in [0.1, 0.15) is 5.75 Å². The third-order valence-corrected chi connectivity index (χ3v) is 6.09. The van der Waals surface area contributed by atoms with E-state index in [1.165, 1.54) is 29.7 Å². The lowest BCUT2D eigenvalue weighted by atomic mass is 10.0. The molecule has 0 radical (unpaired) electrons. The van der Waals surface area contributed by atoms with Gasteiger partial charge in [0.15, 0.2) is 0 Å². The number of nitrogens with one attached hydrogen (secondary N) is 1. The van der Waals surface area contributed by atoms with Gasteiger partial charge in [0, 0.05) is 25.8 Å². The predicted octanol–water partition coefficient (Wildman–Crippen LogP) is 3.64. The van der Waals surface area contributed by atoms with Gasteiger partial charge < -0.3 is 15.0 Å². The number of ether oxygens (including phenoxy) is 1. The normalized spacial score (nSPS) is 17.2. The summed E-state index contributed by atoms with van der Waals surface area (Å²) in [5.41, 5.74) is 4.66. The first-order valence-electron chi connectivity index (χ1n) is 10.8. The molecule has 29 heavy (non-hydrogen) atoms. The molecule has 2 aromatic rings. The molecule has 1 N–H and O–H groups in total. The molecule has 1 unspecified atom stereocenters. The number of likely N-dealkylation sites (N-methyl/N-ethyl adjacent to an activating group) is 1. The molecule has 1 amide bonds. The number of anilines is 1. The summed E-state index contributed by atoms with van der Waals surface area (Å²) >= 11 is 0. The lowest BCUT2D eigenvalue weighted by molar-refractivity contribution is 0.0934. The van der Waals surface area contributed by atoms with Crippen molar-refractivity contribution in [3.8, 4) is 5.75 Å². The van der Waals surface area contributed by atoms with E-state index in [1.54, 1.807) is 0 Å². The number of benzene rings is 2. The minimum atomic E-state index is -0.0702. The van der Waals surface area contributed by atoms with Crippen LogP contribution in [0.3, 0.4) is 0 Å². The van der Waals surface area contributed by atoms with Crippen molar-refractivity contribution in [3.63, 3.8) is 0 Å². The lowest BCUT2D eigenvalue weighted by Gasteiger charge is -2.29. The molecule has 5 heteroatoms. The maximum absolute atomic E-state index is 12.9. The van der Waals surface area contributed by atoms with Crippen LogP contribution in [0.1, 0.15) is 47.3 Å². The van der Waals surface area contributed by atoms with Gasteiger partial charge in [-0.2, -0.15) is 0 Å². The maximum Gasteiger partial charge on any atom is 0.255 e. The maximum atomic E-state index is 12.9. The highest BCUT2D eigenvalue weighted by Crippen LogP contribution is 2.32. The van der Waals surface area contributed by atoms with Crippen molar-refractivity contribution in [2.24, 2.45) is 0 Å². The molecule has 2 aromatic carbocycles. The van der Waals surface area contributed by atoms with Crippen molar-refractivity contribution < 1.29 is 9.53 Å². The highest BCUT2D eigenvalue weighted by Gasteiger charge is 2.26. The second-order valence-electron chi connectivity index (χ2n) is 7.96. The Hall–Kier alpha value is -2.53. The van der Waals surface area contributed by atoms with Crippen LogP contribution in [-0.4, -0.2) is 50.6 Å². The first kappa shape index (κ1) is 19.8. The first-order valence-corrected chi connectivity index (χ1v) is 10.8. The second-order valence-corrected chi connectivity index (χ2v) is 7.96. The smallest absolute Gasteiger partial charge is 0.255 e. The third-order valence-electron chi connectivity index (χ3n) is 6.09. The van der Waals surface area contributed by atoms with Gasteiger partial charge in [0.2, 0.25) is 0 Å². The van der Waals surface area contributed by atoms with Gasteiger partial charge in [-0.1, -0.05) is 24.3 Å². The minimum absolute atomic E-state index is 0.0702. The van der Waals surface area contributed by atoms with E-state index in [0.717, 1.165) is 26.1 Å². The largest absolute Gasteiger partial charge is 0.493 e. The Morgan fingerprint density at radius 1 is 1.14 bits per heavy atom. The van der Waals surface area contributed by atoms with Crippen LogP contribution in [0.25, 0.3) is 0 Å². The molecule has 1 fully saturated rings. The number of likely N-dealkylation sites (tertiary alicyclic amines) is 1. The zero-order chi connectivity index (χ0) is 20.2. The number of para-hydroxylation sites is 1. The number of hydrogen-bond donors (Lipinski definition) is 1. The fourth-order valence-electron chi connectivity index (χ4n) is 4.53. The Morgan fingerprint density at radius 3 is 2.72 bits per heavy atom. The Kier molecular flexibility index (Phi) is 6.05. The fraction of sp³-hybridized carbons (Fsp3) is 0.458. The van der Waals surface area contributed by atoms with Gasteiger partial charge in [-0.25, -0.2) is 0 Å². The molecule has 1 atom stereocenters. The summed E-state index contributed by atoms with van der Waals surface area (Å²) in [6, 6.07) is 14.5. The SMILES string of the molecule is CCOc1ccccc1C(=O)NCC(c1ccc2c(c1)CCN2C)N1CCCC1. The van der Waals surface area contributed by atoms with Crippen LogP contribution in [0, 0.1) is 0 Å². The van der Waals surface area contributed by atoms with Gasteiger partial charge >= 0.3 is 0 Å². The van der Waals surface area contributed by atoms with Crippen molar-refractivity contribution >= 4 is 11.6 Å². The average Bonchev–Trinajstić information content (AvgIpc) is 3.39. The fourth-order valence-corrected chi connectivity index (χ4v) is 4.53. The summed E-state index contributed by atoms with van der Waals surface area (Å²) in [6.07, 6.45) is 3.55. The Balaban J connectivity index is 1.52. The van der Waals surface area contributed by atoms with E-state index < -0.39 is 0 Å². The Morgan fingerprint density at radius 2 is 1.93 bits per heavy atom. The number of carbonyl (C=O) groups is 1. The molecule has 2 aliphatic heterocycles. The predicted molar refractivity (Wildman–Crippen MR) is 117 cm³/mol. The highest BCUT2D eigenvalue weighted by molar-refractivity contribution is 5.96. The molecule has 0 spiro atoms.